The summed E-state index contributed by atoms with van der Waals surface area (Å²) in [4.78, 5) is 10.8. The molecular formula is C11H10ClNO. The summed E-state index contributed by atoms with van der Waals surface area (Å²) in [5, 5.41) is 3.19. The van der Waals surface area contributed by atoms with Crippen LogP contribution in [0.1, 0.15) is 18.5 Å². The highest BCUT2D eigenvalue weighted by atomic mass is 35.5. The highest BCUT2D eigenvalue weighted by Crippen LogP contribution is 2.21. The molecule has 0 aliphatic rings. The van der Waals surface area contributed by atoms with Crippen molar-refractivity contribution in [3.05, 3.63) is 34.9 Å². The Kier molecular flexibility index (Phi) is 3.55. The Labute approximate surface area is 88.3 Å². The molecule has 0 aliphatic carbocycles. The minimum absolute atomic E-state index is 0.173. The standard InChI is InChI=1S/C11H10ClNO/c1-3-11(13-8(2)14)9-6-4-5-7-10(9)12/h1,4-7,11H,2H3,(H,13,14)/t11-/m0/s1. The van der Waals surface area contributed by atoms with Crippen molar-refractivity contribution >= 4 is 17.5 Å². The monoisotopic (exact) mass is 207 g/mol. The normalized spacial score (nSPS) is 11.5. The molecule has 0 aromatic heterocycles. The Balaban J connectivity index is 2.96. The molecule has 1 amide bonds. The van der Waals surface area contributed by atoms with Crippen LogP contribution < -0.4 is 5.32 Å². The van der Waals surface area contributed by atoms with Gasteiger partial charge in [0.1, 0.15) is 6.04 Å². The SMILES string of the molecule is C#C[C@H](NC(C)=O)c1ccccc1Cl. The summed E-state index contributed by atoms with van der Waals surface area (Å²) in [6.07, 6.45) is 5.30. The van der Waals surface area contributed by atoms with E-state index in [9.17, 15) is 4.79 Å². The van der Waals surface area contributed by atoms with Gasteiger partial charge in [0.2, 0.25) is 5.91 Å². The lowest BCUT2D eigenvalue weighted by Crippen LogP contribution is -2.24. The third kappa shape index (κ3) is 2.51. The molecule has 14 heavy (non-hydrogen) atoms. The van der Waals surface area contributed by atoms with Crippen molar-refractivity contribution in [1.29, 1.82) is 0 Å². The van der Waals surface area contributed by atoms with E-state index < -0.39 is 6.04 Å². The average molecular weight is 208 g/mol. The molecule has 0 bridgehead atoms. The number of carbonyl (C=O) groups is 1. The van der Waals surface area contributed by atoms with Crippen molar-refractivity contribution in [3.63, 3.8) is 0 Å². The number of terminal acetylenes is 1. The lowest BCUT2D eigenvalue weighted by Gasteiger charge is -2.13. The molecule has 0 fully saturated rings. The van der Waals surface area contributed by atoms with Crippen molar-refractivity contribution in [2.45, 2.75) is 13.0 Å². The van der Waals surface area contributed by atoms with Crippen molar-refractivity contribution in [2.24, 2.45) is 0 Å². The van der Waals surface area contributed by atoms with Crippen LogP contribution in [0, 0.1) is 12.3 Å². The molecule has 0 saturated heterocycles. The predicted octanol–water partition coefficient (Wildman–Crippen LogP) is 2.15. The first-order valence-corrected chi connectivity index (χ1v) is 4.50. The minimum Gasteiger partial charge on any atom is -0.339 e. The summed E-state index contributed by atoms with van der Waals surface area (Å²) in [6, 6.07) is 6.72. The smallest absolute Gasteiger partial charge is 0.218 e. The second-order valence-electron chi connectivity index (χ2n) is 2.82. The van der Waals surface area contributed by atoms with Gasteiger partial charge in [0.25, 0.3) is 0 Å². The van der Waals surface area contributed by atoms with Crippen molar-refractivity contribution < 1.29 is 4.79 Å². The quantitative estimate of drug-likeness (QED) is 0.740. The van der Waals surface area contributed by atoms with E-state index in [1.807, 2.05) is 12.1 Å². The summed E-state index contributed by atoms with van der Waals surface area (Å²) in [7, 11) is 0. The van der Waals surface area contributed by atoms with Crippen molar-refractivity contribution in [3.8, 4) is 12.3 Å². The fourth-order valence-corrected chi connectivity index (χ4v) is 1.37. The molecule has 3 heteroatoms. The summed E-state index contributed by atoms with van der Waals surface area (Å²) in [5.41, 5.74) is 0.742. The van der Waals surface area contributed by atoms with Gasteiger partial charge < -0.3 is 5.32 Å². The zero-order valence-corrected chi connectivity index (χ0v) is 8.51. The van der Waals surface area contributed by atoms with Gasteiger partial charge in [-0.15, -0.1) is 6.42 Å². The van der Waals surface area contributed by atoms with Crippen LogP contribution in [-0.4, -0.2) is 5.91 Å². The molecule has 1 rings (SSSR count). The second-order valence-corrected chi connectivity index (χ2v) is 3.23. The molecule has 1 aromatic carbocycles. The van der Waals surface area contributed by atoms with E-state index >= 15 is 0 Å². The summed E-state index contributed by atoms with van der Waals surface area (Å²) in [6.45, 7) is 1.42. The van der Waals surface area contributed by atoms with Gasteiger partial charge in [-0.05, 0) is 6.07 Å². The Hall–Kier alpha value is -1.46. The molecular weight excluding hydrogens is 198 g/mol. The topological polar surface area (TPSA) is 29.1 Å². The van der Waals surface area contributed by atoms with Crippen LogP contribution in [0.2, 0.25) is 5.02 Å². The van der Waals surface area contributed by atoms with Crippen LogP contribution in [0.4, 0.5) is 0 Å². The number of rotatable bonds is 2. The number of nitrogens with one attached hydrogen (secondary N) is 1. The van der Waals surface area contributed by atoms with E-state index in [0.717, 1.165) is 5.56 Å². The van der Waals surface area contributed by atoms with Crippen LogP contribution in [0.15, 0.2) is 24.3 Å². The fraction of sp³-hybridized carbons (Fsp3) is 0.182. The summed E-state index contributed by atoms with van der Waals surface area (Å²) >= 11 is 5.93. The summed E-state index contributed by atoms with van der Waals surface area (Å²) in [5.74, 6) is 2.30. The minimum atomic E-state index is -0.457. The first-order chi connectivity index (χ1) is 6.65. The number of hydrogen-bond donors (Lipinski definition) is 1. The molecule has 0 radical (unpaired) electrons. The molecule has 0 heterocycles. The lowest BCUT2D eigenvalue weighted by molar-refractivity contribution is -0.119. The van der Waals surface area contributed by atoms with Gasteiger partial charge >= 0.3 is 0 Å². The Bertz CT molecular complexity index is 381. The third-order valence-electron chi connectivity index (χ3n) is 1.73. The van der Waals surface area contributed by atoms with Crippen LogP contribution in [-0.2, 0) is 4.79 Å². The number of amides is 1. The molecule has 2 nitrogen and oxygen atoms in total. The van der Waals surface area contributed by atoms with Crippen molar-refractivity contribution in [1.82, 2.24) is 5.32 Å². The third-order valence-corrected chi connectivity index (χ3v) is 2.07. The van der Waals surface area contributed by atoms with Crippen LogP contribution in [0.3, 0.4) is 0 Å². The highest BCUT2D eigenvalue weighted by molar-refractivity contribution is 6.31. The molecule has 0 aliphatic heterocycles. The molecule has 0 spiro atoms. The molecule has 1 N–H and O–H groups in total. The molecule has 72 valence electrons. The first-order valence-electron chi connectivity index (χ1n) is 4.13. The van der Waals surface area contributed by atoms with E-state index in [1.54, 1.807) is 12.1 Å². The van der Waals surface area contributed by atoms with E-state index in [-0.39, 0.29) is 5.91 Å². The van der Waals surface area contributed by atoms with Gasteiger partial charge in [-0.1, -0.05) is 35.7 Å². The Morgan fingerprint density at radius 1 is 1.57 bits per heavy atom. The lowest BCUT2D eigenvalue weighted by atomic mass is 10.1. The fourth-order valence-electron chi connectivity index (χ4n) is 1.12. The molecule has 1 aromatic rings. The van der Waals surface area contributed by atoms with Gasteiger partial charge in [-0.2, -0.15) is 0 Å². The van der Waals surface area contributed by atoms with E-state index in [0.29, 0.717) is 5.02 Å². The van der Waals surface area contributed by atoms with Gasteiger partial charge in [-0.25, -0.2) is 0 Å². The molecule has 1 atom stereocenters. The number of halogens is 1. The maximum absolute atomic E-state index is 10.8. The number of carbonyl (C=O) groups excluding carboxylic acids is 1. The largest absolute Gasteiger partial charge is 0.339 e. The van der Waals surface area contributed by atoms with Gasteiger partial charge in [-0.3, -0.25) is 4.79 Å². The zero-order chi connectivity index (χ0) is 10.6. The van der Waals surface area contributed by atoms with Gasteiger partial charge in [0, 0.05) is 17.5 Å². The maximum Gasteiger partial charge on any atom is 0.218 e. The van der Waals surface area contributed by atoms with Crippen LogP contribution in [0.25, 0.3) is 0 Å². The van der Waals surface area contributed by atoms with Crippen LogP contribution >= 0.6 is 11.6 Å². The van der Waals surface area contributed by atoms with E-state index in [2.05, 4.69) is 11.2 Å². The van der Waals surface area contributed by atoms with E-state index in [4.69, 9.17) is 18.0 Å². The predicted molar refractivity (Wildman–Crippen MR) is 56.8 cm³/mol. The highest BCUT2D eigenvalue weighted by Gasteiger charge is 2.11. The molecule has 0 unspecified atom stereocenters. The Morgan fingerprint density at radius 3 is 2.71 bits per heavy atom. The molecule has 0 saturated carbocycles. The average Bonchev–Trinajstić information content (AvgIpc) is 2.15. The maximum atomic E-state index is 10.8. The van der Waals surface area contributed by atoms with E-state index in [1.165, 1.54) is 6.92 Å². The number of benzene rings is 1. The second kappa shape index (κ2) is 4.69. The van der Waals surface area contributed by atoms with Crippen molar-refractivity contribution in [2.75, 3.05) is 0 Å². The summed E-state index contributed by atoms with van der Waals surface area (Å²) < 4.78 is 0. The van der Waals surface area contributed by atoms with Gasteiger partial charge in [0.05, 0.1) is 0 Å². The first kappa shape index (κ1) is 10.6. The Morgan fingerprint density at radius 2 is 2.21 bits per heavy atom. The van der Waals surface area contributed by atoms with Crippen LogP contribution in [0.5, 0.6) is 0 Å². The van der Waals surface area contributed by atoms with Gasteiger partial charge in [0.15, 0.2) is 0 Å². The zero-order valence-electron chi connectivity index (χ0n) is 7.75. The number of hydrogen-bond acceptors (Lipinski definition) is 1.